The number of carboxylic acids is 2. The summed E-state index contributed by atoms with van der Waals surface area (Å²) in [4.78, 5) is 150. The van der Waals surface area contributed by atoms with Gasteiger partial charge < -0.3 is 62.3 Å². The number of benzene rings is 10. The van der Waals surface area contributed by atoms with Gasteiger partial charge in [-0.1, -0.05) is 170 Å². The molecule has 0 radical (unpaired) electrons. The van der Waals surface area contributed by atoms with Crippen molar-refractivity contribution in [2.75, 3.05) is 91.4 Å². The van der Waals surface area contributed by atoms with Crippen LogP contribution in [0.5, 0.6) is 0 Å². The Kier molecular flexibility index (Phi) is 37.1. The van der Waals surface area contributed by atoms with Crippen molar-refractivity contribution in [2.24, 2.45) is 5.92 Å². The van der Waals surface area contributed by atoms with Crippen molar-refractivity contribution in [2.45, 2.75) is 135 Å². The smallest absolute Gasteiger partial charge is 0.412 e. The van der Waals surface area contributed by atoms with Gasteiger partial charge in [-0.15, -0.1) is 0 Å². The van der Waals surface area contributed by atoms with Gasteiger partial charge in [0.05, 0.1) is 65.3 Å². The maximum absolute atomic E-state index is 13.0. The third-order valence-corrected chi connectivity index (χ3v) is 20.8. The Bertz CT molecular complexity index is 5430. The lowest BCUT2D eigenvalue weighted by Crippen LogP contribution is -2.46. The van der Waals surface area contributed by atoms with E-state index in [1.165, 1.54) is 0 Å². The van der Waals surface area contributed by atoms with E-state index in [1.807, 2.05) is 159 Å². The number of ether oxygens (including phenoxy) is 11. The maximum atomic E-state index is 13.0. The number of carboxylic acid groups (broad SMARTS) is 2. The van der Waals surface area contributed by atoms with E-state index < -0.39 is 84.9 Å². The Morgan fingerprint density at radius 2 is 0.552 bits per heavy atom. The fraction of sp³-hybridized carbons (Fsp3) is 0.301. The molecular formula is C103H108N6O25. The minimum Gasteiger partial charge on any atom is -0.478 e. The van der Waals surface area contributed by atoms with Gasteiger partial charge in [0.2, 0.25) is 11.2 Å². The number of amides is 6. The number of carbonyl (C=O) groups is 12. The molecule has 10 aromatic rings. The lowest BCUT2D eigenvalue weighted by Gasteiger charge is -2.24. The fourth-order valence-corrected chi connectivity index (χ4v) is 13.6. The number of epoxide rings is 1. The third kappa shape index (κ3) is 35.8. The van der Waals surface area contributed by atoms with Crippen LogP contribution in [-0.2, 0) is 132 Å². The van der Waals surface area contributed by atoms with Crippen molar-refractivity contribution >= 4 is 106 Å². The van der Waals surface area contributed by atoms with E-state index in [0.29, 0.717) is 116 Å². The molecule has 0 spiro atoms. The van der Waals surface area contributed by atoms with Crippen LogP contribution in [0.25, 0.3) is 0 Å². The van der Waals surface area contributed by atoms with E-state index in [0.717, 1.165) is 93.5 Å². The zero-order valence-corrected chi connectivity index (χ0v) is 74.8. The highest BCUT2D eigenvalue weighted by Crippen LogP contribution is 2.30. The first kappa shape index (κ1) is 99.2. The molecule has 2 fully saturated rings. The summed E-state index contributed by atoms with van der Waals surface area (Å²) in [6.07, 6.45) is 1.71. The minimum absolute atomic E-state index is 0.0465. The number of esters is 4. The van der Waals surface area contributed by atoms with Crippen molar-refractivity contribution in [3.05, 3.63) is 321 Å². The second-order valence-corrected chi connectivity index (χ2v) is 32.9. The van der Waals surface area contributed by atoms with Gasteiger partial charge in [0.15, 0.2) is 0 Å². The van der Waals surface area contributed by atoms with E-state index >= 15 is 0 Å². The quantitative estimate of drug-likeness (QED) is 0.00761. The summed E-state index contributed by atoms with van der Waals surface area (Å²) in [5, 5.41) is 35.9. The molecule has 1 aliphatic heterocycles. The Balaban J connectivity index is 0.000000258. The lowest BCUT2D eigenvalue weighted by atomic mass is 9.99. The van der Waals surface area contributed by atoms with Crippen LogP contribution in [0.2, 0.25) is 0 Å². The summed E-state index contributed by atoms with van der Waals surface area (Å²) in [6, 6.07) is 72.8. The molecule has 3 unspecified atom stereocenters. The Morgan fingerprint density at radius 1 is 0.306 bits per heavy atom. The molecule has 8 N–H and O–H groups in total. The lowest BCUT2D eigenvalue weighted by molar-refractivity contribution is -0.168. The first-order chi connectivity index (χ1) is 64.5. The molecule has 0 bridgehead atoms. The van der Waals surface area contributed by atoms with Crippen LogP contribution in [0.3, 0.4) is 0 Å². The van der Waals surface area contributed by atoms with Gasteiger partial charge in [0, 0.05) is 34.1 Å². The molecule has 1 saturated heterocycles. The molecule has 12 rings (SSSR count). The van der Waals surface area contributed by atoms with Crippen molar-refractivity contribution in [1.29, 1.82) is 0 Å². The largest absolute Gasteiger partial charge is 0.478 e. The van der Waals surface area contributed by atoms with Crippen molar-refractivity contribution in [3.63, 3.8) is 0 Å². The summed E-state index contributed by atoms with van der Waals surface area (Å²) in [7, 11) is 0. The number of hydrogen-bond donors (Lipinski definition) is 8. The van der Waals surface area contributed by atoms with Crippen LogP contribution in [0.15, 0.2) is 243 Å². The predicted molar refractivity (Wildman–Crippen MR) is 497 cm³/mol. The summed E-state index contributed by atoms with van der Waals surface area (Å²) < 4.78 is 57.9. The molecule has 6 amide bonds. The Morgan fingerprint density at radius 3 is 0.843 bits per heavy atom. The number of aryl methyl sites for hydroxylation is 2. The molecule has 0 aromatic heterocycles. The molecule has 700 valence electrons. The predicted octanol–water partition coefficient (Wildman–Crippen LogP) is 17.8. The van der Waals surface area contributed by atoms with Gasteiger partial charge in [-0.25, -0.2) is 38.4 Å². The van der Waals surface area contributed by atoms with Crippen LogP contribution in [0, 0.1) is 19.8 Å². The second-order valence-electron chi connectivity index (χ2n) is 32.9. The van der Waals surface area contributed by atoms with Gasteiger partial charge >= 0.3 is 72.4 Å². The number of nitrogens with one attached hydrogen (secondary N) is 6. The SMILES string of the molecule is Cc1cccc(NC(=O)OCCCCOC(=O)Cc2cccc(Cc3cccc(CC(=O)OCC(C)(OC(=O)Nc4cccc(Cc5cccc(NC(=O)OCC6CC6)c5)c4)C(=O)O)c3)c2)c1.Cc1cccc(NC(=O)OCCCCOC(=O)Cc2cccc(Cc3cccc(CC(=O)OCC(C)(OC(=O)Nc4cccc(Cc5cccc(NC(=O)OCC6CO6)c5)c4)C(=O)O)c3)c2)c1. The molecule has 1 heterocycles. The van der Waals surface area contributed by atoms with Gasteiger partial charge in [-0.3, -0.25) is 51.1 Å². The third-order valence-electron chi connectivity index (χ3n) is 20.8. The van der Waals surface area contributed by atoms with Crippen LogP contribution < -0.4 is 31.9 Å². The summed E-state index contributed by atoms with van der Waals surface area (Å²) in [5.41, 5.74) is 10.6. The average Bonchev–Trinajstić information content (AvgIpc) is 1.37. The Hall–Kier alpha value is -15.4. The van der Waals surface area contributed by atoms with Crippen LogP contribution in [0.4, 0.5) is 62.9 Å². The van der Waals surface area contributed by atoms with Gasteiger partial charge in [0.25, 0.3) is 0 Å². The Labute approximate surface area is 775 Å². The molecule has 3 atom stereocenters. The summed E-state index contributed by atoms with van der Waals surface area (Å²) in [6.45, 7) is 6.62. The molecule has 31 nitrogen and oxygen atoms in total. The topological polar surface area (TPSA) is 422 Å². The molecule has 1 saturated carbocycles. The first-order valence-electron chi connectivity index (χ1n) is 43.8. The van der Waals surface area contributed by atoms with Crippen molar-refractivity contribution in [1.82, 2.24) is 0 Å². The molecule has 31 heteroatoms. The minimum atomic E-state index is -2.20. The fourth-order valence-electron chi connectivity index (χ4n) is 13.6. The zero-order chi connectivity index (χ0) is 95.2. The van der Waals surface area contributed by atoms with Crippen molar-refractivity contribution < 1.29 is 120 Å². The van der Waals surface area contributed by atoms with Crippen LogP contribution in [0.1, 0.15) is 130 Å². The van der Waals surface area contributed by atoms with Crippen LogP contribution in [-0.4, -0.2) is 159 Å². The average molecular weight is 1830 g/mol. The molecule has 1 aliphatic carbocycles. The zero-order valence-electron chi connectivity index (χ0n) is 74.8. The second kappa shape index (κ2) is 50.1. The molecule has 2 aliphatic rings. The highest BCUT2D eigenvalue weighted by molar-refractivity contribution is 5.91. The molecule has 10 aromatic carbocycles. The highest BCUT2D eigenvalue weighted by atomic mass is 16.6. The maximum Gasteiger partial charge on any atom is 0.412 e. The van der Waals surface area contributed by atoms with Gasteiger partial charge in [-0.05, 0) is 249 Å². The van der Waals surface area contributed by atoms with Gasteiger partial charge in [0.1, 0.15) is 25.9 Å². The monoisotopic (exact) mass is 1830 g/mol. The summed E-state index contributed by atoms with van der Waals surface area (Å²) in [5.74, 6) is -4.75. The van der Waals surface area contributed by atoms with Gasteiger partial charge in [-0.2, -0.15) is 0 Å². The highest BCUT2D eigenvalue weighted by Gasteiger charge is 2.41. The van der Waals surface area contributed by atoms with E-state index in [-0.39, 0.29) is 76.8 Å². The van der Waals surface area contributed by atoms with Crippen molar-refractivity contribution in [3.8, 4) is 0 Å². The summed E-state index contributed by atoms with van der Waals surface area (Å²) >= 11 is 0. The number of aliphatic carboxylic acids is 2. The standard InChI is InChI=1S/C52H55N3O12.C51H53N3O13/c1-35-10-5-17-43(24-35)53-49(60)64-23-4-3-22-63-46(56)31-41-13-6-11-37(26-41)25-38-12-7-14-42(27-38)32-47(57)66-34-52(2,48(58)59)67-51(62)55-45-19-9-16-40(30-45)28-39-15-8-18-44(29-39)54-50(61)65-33-36-20-21-36;1-34-10-5-17-41(22-34)52-48(59)63-21-4-3-20-62-45(55)29-39-13-6-11-35(24-39)23-36-12-7-14-40(25-36)30-46(56)66-33-51(2,47(57)58)67-50(61)54-43-19-9-16-38(28-43)26-37-15-8-18-42(27-37)53-49(60)65-32-44-31-64-44/h5-19,24,26-27,29-30,36H,3-4,20-23,25,28,31-34H2,1-2H3,(H,53,60)(H,54,61)(H,55,62)(H,58,59);5-19,22,24-25,27-28,44H,3-4,20-21,23,26,29-33H2,1-2H3,(H,52,59)(H,53,60)(H,54,61)(H,57,58). The number of rotatable bonds is 44. The molecular weight excluding hydrogens is 1720 g/mol. The first-order valence-corrected chi connectivity index (χ1v) is 43.8. The number of carbonyl (C=O) groups excluding carboxylic acids is 10. The number of unbranched alkanes of at least 4 members (excludes halogenated alkanes) is 2. The van der Waals surface area contributed by atoms with Crippen LogP contribution >= 0.6 is 0 Å². The molecule has 134 heavy (non-hydrogen) atoms. The normalized spacial score (nSPS) is 13.1. The number of hydrogen-bond acceptors (Lipinski definition) is 23. The van der Waals surface area contributed by atoms with E-state index in [1.54, 1.807) is 97.1 Å². The van der Waals surface area contributed by atoms with E-state index in [9.17, 15) is 67.7 Å². The van der Waals surface area contributed by atoms with E-state index in [2.05, 4.69) is 31.9 Å². The number of anilines is 6. The van der Waals surface area contributed by atoms with E-state index in [4.69, 9.17) is 52.1 Å².